The van der Waals surface area contributed by atoms with Crippen molar-refractivity contribution < 1.29 is 8.95 Å². The molecule has 16 heavy (non-hydrogen) atoms. The van der Waals surface area contributed by atoms with E-state index in [1.54, 1.807) is 7.11 Å². The van der Waals surface area contributed by atoms with Crippen LogP contribution in [0.4, 0.5) is 0 Å². The van der Waals surface area contributed by atoms with E-state index in [9.17, 15) is 4.21 Å². The van der Waals surface area contributed by atoms with Crippen LogP contribution in [0.15, 0.2) is 18.2 Å². The van der Waals surface area contributed by atoms with E-state index in [0.717, 1.165) is 23.3 Å². The molecule has 0 radical (unpaired) electrons. The fourth-order valence-electron chi connectivity index (χ4n) is 1.51. The molecule has 0 aliphatic heterocycles. The lowest BCUT2D eigenvalue weighted by atomic mass is 10.1. The van der Waals surface area contributed by atoms with Crippen molar-refractivity contribution in [3.05, 3.63) is 29.3 Å². The highest BCUT2D eigenvalue weighted by Gasteiger charge is 2.07. The quantitative estimate of drug-likeness (QED) is 0.823. The van der Waals surface area contributed by atoms with Gasteiger partial charge in [0.2, 0.25) is 0 Å². The molecule has 2 N–H and O–H groups in total. The zero-order valence-corrected chi connectivity index (χ0v) is 10.7. The Morgan fingerprint density at radius 3 is 2.81 bits per heavy atom. The number of hydrogen-bond donors (Lipinski definition) is 1. The summed E-state index contributed by atoms with van der Waals surface area (Å²) < 4.78 is 17.0. The second kappa shape index (κ2) is 6.66. The number of aryl methyl sites for hydroxylation is 1. The third-order valence-corrected chi connectivity index (χ3v) is 3.71. The highest BCUT2D eigenvalue weighted by atomic mass is 32.2. The summed E-state index contributed by atoms with van der Waals surface area (Å²) in [6.07, 6.45) is 0.806. The first-order chi connectivity index (χ1) is 7.67. The molecule has 1 atom stereocenters. The minimum atomic E-state index is -0.851. The van der Waals surface area contributed by atoms with Gasteiger partial charge in [-0.1, -0.05) is 17.7 Å². The molecular formula is C12H19NO2S. The third-order valence-electron chi connectivity index (χ3n) is 2.33. The Hall–Kier alpha value is -0.870. The van der Waals surface area contributed by atoms with Crippen LogP contribution in [0.3, 0.4) is 0 Å². The van der Waals surface area contributed by atoms with Gasteiger partial charge in [0.1, 0.15) is 5.75 Å². The first kappa shape index (κ1) is 13.2. The molecule has 90 valence electrons. The number of hydrogen-bond acceptors (Lipinski definition) is 3. The van der Waals surface area contributed by atoms with Gasteiger partial charge in [0.15, 0.2) is 0 Å². The Kier molecular flexibility index (Phi) is 5.49. The van der Waals surface area contributed by atoms with E-state index < -0.39 is 10.8 Å². The van der Waals surface area contributed by atoms with E-state index in [-0.39, 0.29) is 0 Å². The van der Waals surface area contributed by atoms with E-state index in [0.29, 0.717) is 18.1 Å². The average Bonchev–Trinajstić information content (AvgIpc) is 2.27. The smallest absolute Gasteiger partial charge is 0.123 e. The second-order valence-corrected chi connectivity index (χ2v) is 5.32. The Morgan fingerprint density at radius 2 is 2.19 bits per heavy atom. The Morgan fingerprint density at radius 1 is 1.44 bits per heavy atom. The van der Waals surface area contributed by atoms with Gasteiger partial charge < -0.3 is 10.5 Å². The maximum absolute atomic E-state index is 11.8. The molecule has 1 aromatic carbocycles. The van der Waals surface area contributed by atoms with E-state index in [2.05, 4.69) is 0 Å². The summed E-state index contributed by atoms with van der Waals surface area (Å²) in [7, 11) is 0.785. The molecule has 1 aromatic rings. The lowest BCUT2D eigenvalue weighted by Crippen LogP contribution is -2.08. The minimum absolute atomic E-state index is 0.546. The van der Waals surface area contributed by atoms with Crippen LogP contribution in [0.1, 0.15) is 17.5 Å². The molecule has 0 fully saturated rings. The number of rotatable bonds is 6. The fourth-order valence-corrected chi connectivity index (χ4v) is 2.72. The van der Waals surface area contributed by atoms with Gasteiger partial charge in [0.25, 0.3) is 0 Å². The second-order valence-electron chi connectivity index (χ2n) is 3.75. The predicted molar refractivity (Wildman–Crippen MR) is 68.1 cm³/mol. The molecule has 1 rings (SSSR count). The van der Waals surface area contributed by atoms with Crippen LogP contribution in [-0.2, 0) is 16.6 Å². The lowest BCUT2D eigenvalue weighted by molar-refractivity contribution is 0.411. The highest BCUT2D eigenvalue weighted by Crippen LogP contribution is 2.21. The van der Waals surface area contributed by atoms with Gasteiger partial charge in [-0.05, 0) is 26.0 Å². The highest BCUT2D eigenvalue weighted by molar-refractivity contribution is 7.84. The Balaban J connectivity index is 2.71. The van der Waals surface area contributed by atoms with E-state index in [1.165, 1.54) is 0 Å². The summed E-state index contributed by atoms with van der Waals surface area (Å²) in [5.74, 6) is 2.02. The van der Waals surface area contributed by atoms with E-state index in [1.807, 2.05) is 25.1 Å². The van der Waals surface area contributed by atoms with Gasteiger partial charge in [-0.2, -0.15) is 0 Å². The van der Waals surface area contributed by atoms with Gasteiger partial charge in [-0.25, -0.2) is 0 Å². The molecule has 0 aliphatic rings. The molecule has 0 aromatic heterocycles. The van der Waals surface area contributed by atoms with Crippen LogP contribution < -0.4 is 10.5 Å². The Labute approximate surface area is 99.4 Å². The normalized spacial score (nSPS) is 12.4. The van der Waals surface area contributed by atoms with Crippen molar-refractivity contribution in [1.29, 1.82) is 0 Å². The standard InChI is InChI=1S/C12H19NO2S/c1-10-4-5-12(15-2)11(8-10)9-16(14)7-3-6-13/h4-5,8H,3,6-7,9,13H2,1-2H3. The molecule has 0 saturated carbocycles. The van der Waals surface area contributed by atoms with Crippen LogP contribution in [0.2, 0.25) is 0 Å². The molecule has 0 bridgehead atoms. The van der Waals surface area contributed by atoms with E-state index >= 15 is 0 Å². The predicted octanol–water partition coefficient (Wildman–Crippen LogP) is 1.60. The summed E-state index contributed by atoms with van der Waals surface area (Å²) in [5.41, 5.74) is 7.56. The largest absolute Gasteiger partial charge is 0.496 e. The van der Waals surface area contributed by atoms with Crippen LogP contribution in [0.5, 0.6) is 5.75 Å². The first-order valence-electron chi connectivity index (χ1n) is 5.36. The molecule has 0 saturated heterocycles. The van der Waals surface area contributed by atoms with Crippen molar-refractivity contribution >= 4 is 10.8 Å². The number of benzene rings is 1. The summed E-state index contributed by atoms with van der Waals surface area (Å²) >= 11 is 0. The maximum Gasteiger partial charge on any atom is 0.123 e. The summed E-state index contributed by atoms with van der Waals surface area (Å²) in [5, 5.41) is 0. The number of methoxy groups -OCH3 is 1. The topological polar surface area (TPSA) is 52.3 Å². The molecule has 3 nitrogen and oxygen atoms in total. The van der Waals surface area contributed by atoms with Gasteiger partial charge in [-0.15, -0.1) is 0 Å². The fraction of sp³-hybridized carbons (Fsp3) is 0.500. The third kappa shape index (κ3) is 3.94. The van der Waals surface area contributed by atoms with Crippen LogP contribution in [0, 0.1) is 6.92 Å². The van der Waals surface area contributed by atoms with Gasteiger partial charge >= 0.3 is 0 Å². The first-order valence-corrected chi connectivity index (χ1v) is 6.84. The van der Waals surface area contributed by atoms with Crippen molar-refractivity contribution in [2.75, 3.05) is 19.4 Å². The molecule has 0 spiro atoms. The molecule has 0 heterocycles. The summed E-state index contributed by atoms with van der Waals surface area (Å²) in [6, 6.07) is 5.94. The number of nitrogens with two attached hydrogens (primary N) is 1. The van der Waals surface area contributed by atoms with Crippen LogP contribution in [-0.4, -0.2) is 23.6 Å². The summed E-state index contributed by atoms with van der Waals surface area (Å²) in [6.45, 7) is 2.61. The minimum Gasteiger partial charge on any atom is -0.496 e. The molecule has 1 unspecified atom stereocenters. The van der Waals surface area contributed by atoms with Crippen molar-refractivity contribution in [1.82, 2.24) is 0 Å². The summed E-state index contributed by atoms with van der Waals surface area (Å²) in [4.78, 5) is 0. The van der Waals surface area contributed by atoms with Gasteiger partial charge in [-0.3, -0.25) is 4.21 Å². The maximum atomic E-state index is 11.8. The lowest BCUT2D eigenvalue weighted by Gasteiger charge is -2.09. The van der Waals surface area contributed by atoms with Crippen molar-refractivity contribution in [3.63, 3.8) is 0 Å². The van der Waals surface area contributed by atoms with Crippen molar-refractivity contribution in [3.8, 4) is 5.75 Å². The molecule has 0 amide bonds. The average molecular weight is 241 g/mol. The van der Waals surface area contributed by atoms with E-state index in [4.69, 9.17) is 10.5 Å². The number of ether oxygens (including phenoxy) is 1. The molecule has 0 aliphatic carbocycles. The van der Waals surface area contributed by atoms with Crippen molar-refractivity contribution in [2.24, 2.45) is 5.73 Å². The Bertz CT molecular complexity index is 366. The van der Waals surface area contributed by atoms with Gasteiger partial charge in [0.05, 0.1) is 12.9 Å². The van der Waals surface area contributed by atoms with Gasteiger partial charge in [0, 0.05) is 22.1 Å². The monoisotopic (exact) mass is 241 g/mol. The molecular weight excluding hydrogens is 222 g/mol. The molecule has 4 heteroatoms. The zero-order valence-electron chi connectivity index (χ0n) is 9.86. The SMILES string of the molecule is COc1ccc(C)cc1CS(=O)CCCN. The van der Waals surface area contributed by atoms with Crippen molar-refractivity contribution in [2.45, 2.75) is 19.1 Å². The van der Waals surface area contributed by atoms with Crippen LogP contribution in [0.25, 0.3) is 0 Å². The zero-order chi connectivity index (χ0) is 12.0. The van der Waals surface area contributed by atoms with Crippen LogP contribution >= 0.6 is 0 Å².